The minimum absolute atomic E-state index is 0.934. The van der Waals surface area contributed by atoms with E-state index in [1.165, 1.54) is 27.3 Å². The smallest absolute Gasteiger partial charge is 0.0731 e. The SMILES string of the molecule is Brc1ccc(-c2cc(-c3cccnc3)nc3ccc4ccccc4c23)cc1. The van der Waals surface area contributed by atoms with Gasteiger partial charge < -0.3 is 0 Å². The number of hydrogen-bond donors (Lipinski definition) is 0. The third-order valence-electron chi connectivity index (χ3n) is 4.81. The van der Waals surface area contributed by atoms with E-state index in [1.54, 1.807) is 6.20 Å². The Morgan fingerprint density at radius 1 is 0.741 bits per heavy atom. The van der Waals surface area contributed by atoms with Crippen LogP contribution in [0.15, 0.2) is 95.7 Å². The lowest BCUT2D eigenvalue weighted by Crippen LogP contribution is -1.91. The van der Waals surface area contributed by atoms with Crippen LogP contribution in [0, 0.1) is 0 Å². The van der Waals surface area contributed by atoms with Gasteiger partial charge in [-0.25, -0.2) is 4.98 Å². The lowest BCUT2D eigenvalue weighted by Gasteiger charge is -2.13. The second kappa shape index (κ2) is 6.60. The Morgan fingerprint density at radius 3 is 2.41 bits per heavy atom. The summed E-state index contributed by atoms with van der Waals surface area (Å²) in [5, 5.41) is 3.63. The van der Waals surface area contributed by atoms with Crippen molar-refractivity contribution in [3.8, 4) is 22.4 Å². The topological polar surface area (TPSA) is 25.8 Å². The van der Waals surface area contributed by atoms with Crippen LogP contribution < -0.4 is 0 Å². The first-order valence-electron chi connectivity index (χ1n) is 8.78. The van der Waals surface area contributed by atoms with E-state index in [0.29, 0.717) is 0 Å². The van der Waals surface area contributed by atoms with Crippen LogP contribution in [0.2, 0.25) is 0 Å². The fraction of sp³-hybridized carbons (Fsp3) is 0. The third-order valence-corrected chi connectivity index (χ3v) is 5.34. The first-order valence-corrected chi connectivity index (χ1v) is 9.58. The van der Waals surface area contributed by atoms with E-state index in [1.807, 2.05) is 18.3 Å². The van der Waals surface area contributed by atoms with Crippen molar-refractivity contribution in [1.82, 2.24) is 9.97 Å². The molecule has 0 saturated heterocycles. The Balaban J connectivity index is 1.90. The molecule has 0 radical (unpaired) electrons. The first kappa shape index (κ1) is 16.2. The van der Waals surface area contributed by atoms with Gasteiger partial charge in [-0.1, -0.05) is 58.4 Å². The average Bonchev–Trinajstić information content (AvgIpc) is 2.74. The summed E-state index contributed by atoms with van der Waals surface area (Å²) in [6.07, 6.45) is 3.65. The van der Waals surface area contributed by atoms with Crippen LogP contribution in [0.1, 0.15) is 0 Å². The van der Waals surface area contributed by atoms with Gasteiger partial charge in [-0.2, -0.15) is 0 Å². The van der Waals surface area contributed by atoms with Crippen molar-refractivity contribution in [2.24, 2.45) is 0 Å². The van der Waals surface area contributed by atoms with Crippen molar-refractivity contribution < 1.29 is 0 Å². The predicted octanol–water partition coefficient (Wildman–Crippen LogP) is 6.88. The van der Waals surface area contributed by atoms with Gasteiger partial charge in [0.1, 0.15) is 0 Å². The van der Waals surface area contributed by atoms with Crippen molar-refractivity contribution in [1.29, 1.82) is 0 Å². The Kier molecular flexibility index (Phi) is 3.95. The number of nitrogens with zero attached hydrogens (tertiary/aromatic N) is 2. The van der Waals surface area contributed by atoms with Gasteiger partial charge >= 0.3 is 0 Å². The van der Waals surface area contributed by atoms with E-state index in [4.69, 9.17) is 4.98 Å². The van der Waals surface area contributed by atoms with Gasteiger partial charge in [-0.05, 0) is 58.3 Å². The molecule has 27 heavy (non-hydrogen) atoms. The van der Waals surface area contributed by atoms with E-state index < -0.39 is 0 Å². The van der Waals surface area contributed by atoms with Crippen LogP contribution in [0.25, 0.3) is 44.1 Å². The Bertz CT molecular complexity index is 1260. The Labute approximate surface area is 165 Å². The summed E-state index contributed by atoms with van der Waals surface area (Å²) < 4.78 is 1.07. The summed E-state index contributed by atoms with van der Waals surface area (Å²) in [6, 6.07) is 27.4. The highest BCUT2D eigenvalue weighted by Gasteiger charge is 2.12. The molecule has 0 aliphatic rings. The lowest BCUT2D eigenvalue weighted by molar-refractivity contribution is 1.30. The van der Waals surface area contributed by atoms with Crippen LogP contribution in [0.5, 0.6) is 0 Å². The summed E-state index contributed by atoms with van der Waals surface area (Å²) in [7, 11) is 0. The maximum Gasteiger partial charge on any atom is 0.0731 e. The lowest BCUT2D eigenvalue weighted by atomic mass is 9.95. The van der Waals surface area contributed by atoms with Crippen molar-refractivity contribution in [2.45, 2.75) is 0 Å². The third kappa shape index (κ3) is 2.90. The molecular weight excluding hydrogens is 396 g/mol. The number of hydrogen-bond acceptors (Lipinski definition) is 2. The maximum absolute atomic E-state index is 4.95. The zero-order valence-electron chi connectivity index (χ0n) is 14.4. The number of fused-ring (bicyclic) bond motifs is 3. The molecule has 3 heteroatoms. The molecule has 5 rings (SSSR count). The number of pyridine rings is 2. The molecule has 0 aliphatic carbocycles. The standard InChI is InChI=1S/C24H15BrN2/c25-19-10-7-17(8-11-19)21-14-23(18-5-3-13-26-15-18)27-22-12-9-16-4-1-2-6-20(16)24(21)22/h1-15H. The van der Waals surface area contributed by atoms with Crippen LogP contribution in [-0.4, -0.2) is 9.97 Å². The fourth-order valence-electron chi connectivity index (χ4n) is 3.53. The van der Waals surface area contributed by atoms with Crippen LogP contribution in [-0.2, 0) is 0 Å². The number of benzene rings is 3. The highest BCUT2D eigenvalue weighted by atomic mass is 79.9. The highest BCUT2D eigenvalue weighted by Crippen LogP contribution is 2.36. The Hall–Kier alpha value is -3.04. The largest absolute Gasteiger partial charge is 0.264 e. The molecule has 0 fully saturated rings. The second-order valence-corrected chi connectivity index (χ2v) is 7.40. The van der Waals surface area contributed by atoms with Gasteiger partial charge in [0, 0.05) is 27.8 Å². The van der Waals surface area contributed by atoms with Gasteiger partial charge in [0.2, 0.25) is 0 Å². The zero-order chi connectivity index (χ0) is 18.2. The molecule has 2 heterocycles. The Morgan fingerprint density at radius 2 is 1.59 bits per heavy atom. The molecule has 0 aliphatic heterocycles. The van der Waals surface area contributed by atoms with E-state index in [9.17, 15) is 0 Å². The maximum atomic E-state index is 4.95. The number of aromatic nitrogens is 2. The zero-order valence-corrected chi connectivity index (χ0v) is 16.0. The second-order valence-electron chi connectivity index (χ2n) is 6.48. The molecule has 0 N–H and O–H groups in total. The van der Waals surface area contributed by atoms with Crippen LogP contribution in [0.4, 0.5) is 0 Å². The normalized spacial score (nSPS) is 11.1. The molecule has 0 spiro atoms. The van der Waals surface area contributed by atoms with Gasteiger partial charge in [0.05, 0.1) is 11.2 Å². The molecular formula is C24H15BrN2. The molecule has 0 atom stereocenters. The minimum Gasteiger partial charge on any atom is -0.264 e. The van der Waals surface area contributed by atoms with Gasteiger partial charge in [0.15, 0.2) is 0 Å². The molecule has 0 bridgehead atoms. The fourth-order valence-corrected chi connectivity index (χ4v) is 3.79. The first-order chi connectivity index (χ1) is 13.3. The number of halogens is 1. The molecule has 2 nitrogen and oxygen atoms in total. The van der Waals surface area contributed by atoms with Crippen molar-refractivity contribution in [3.63, 3.8) is 0 Å². The van der Waals surface area contributed by atoms with Gasteiger partial charge in [-0.3, -0.25) is 4.98 Å². The van der Waals surface area contributed by atoms with E-state index in [2.05, 4.69) is 87.6 Å². The molecule has 2 aromatic heterocycles. The predicted molar refractivity (Wildman–Crippen MR) is 116 cm³/mol. The van der Waals surface area contributed by atoms with Gasteiger partial charge in [0.25, 0.3) is 0 Å². The summed E-state index contributed by atoms with van der Waals surface area (Å²) in [5.74, 6) is 0. The van der Waals surface area contributed by atoms with E-state index in [0.717, 1.165) is 21.2 Å². The van der Waals surface area contributed by atoms with Gasteiger partial charge in [-0.15, -0.1) is 0 Å². The monoisotopic (exact) mass is 410 g/mol. The number of rotatable bonds is 2. The van der Waals surface area contributed by atoms with E-state index >= 15 is 0 Å². The molecule has 128 valence electrons. The quantitative estimate of drug-likeness (QED) is 0.296. The molecule has 0 amide bonds. The van der Waals surface area contributed by atoms with Crippen molar-refractivity contribution >= 4 is 37.6 Å². The molecule has 5 aromatic rings. The molecule has 3 aromatic carbocycles. The van der Waals surface area contributed by atoms with Crippen LogP contribution in [0.3, 0.4) is 0 Å². The van der Waals surface area contributed by atoms with Crippen molar-refractivity contribution in [3.05, 3.63) is 95.7 Å². The summed E-state index contributed by atoms with van der Waals surface area (Å²) in [6.45, 7) is 0. The molecule has 0 saturated carbocycles. The minimum atomic E-state index is 0.934. The van der Waals surface area contributed by atoms with E-state index in [-0.39, 0.29) is 0 Å². The summed E-state index contributed by atoms with van der Waals surface area (Å²) in [5.41, 5.74) is 5.30. The average molecular weight is 411 g/mol. The van der Waals surface area contributed by atoms with Crippen molar-refractivity contribution in [2.75, 3.05) is 0 Å². The van der Waals surface area contributed by atoms with Crippen LogP contribution >= 0.6 is 15.9 Å². The summed E-state index contributed by atoms with van der Waals surface area (Å²) >= 11 is 3.54. The summed E-state index contributed by atoms with van der Waals surface area (Å²) in [4.78, 5) is 9.21. The molecule has 0 unspecified atom stereocenters. The highest BCUT2D eigenvalue weighted by molar-refractivity contribution is 9.10.